The quantitative estimate of drug-likeness (QED) is 0.847. The summed E-state index contributed by atoms with van der Waals surface area (Å²) in [5.74, 6) is -2.67. The van der Waals surface area contributed by atoms with E-state index >= 15 is 0 Å². The van der Waals surface area contributed by atoms with Gasteiger partial charge >= 0.3 is 5.97 Å². The van der Waals surface area contributed by atoms with Crippen LogP contribution < -0.4 is 5.32 Å². The maximum Gasteiger partial charge on any atom is 0.335 e. The van der Waals surface area contributed by atoms with E-state index < -0.39 is 17.6 Å². The Morgan fingerprint density at radius 2 is 2.00 bits per heavy atom. The number of anilines is 2. The van der Waals surface area contributed by atoms with Gasteiger partial charge in [0.15, 0.2) is 0 Å². The van der Waals surface area contributed by atoms with E-state index in [-0.39, 0.29) is 22.2 Å². The van der Waals surface area contributed by atoms with Crippen LogP contribution in [0.5, 0.6) is 0 Å². The lowest BCUT2D eigenvalue weighted by molar-refractivity contribution is 0.0697. The molecule has 0 amide bonds. The van der Waals surface area contributed by atoms with Crippen LogP contribution in [0.4, 0.5) is 20.3 Å². The first-order valence-electron chi connectivity index (χ1n) is 5.08. The number of carboxylic acids is 1. The molecule has 1 heterocycles. The molecule has 0 saturated carbocycles. The van der Waals surface area contributed by atoms with Crippen molar-refractivity contribution in [3.05, 3.63) is 52.7 Å². The van der Waals surface area contributed by atoms with Gasteiger partial charge in [0.25, 0.3) is 0 Å². The molecule has 0 spiro atoms. The summed E-state index contributed by atoms with van der Waals surface area (Å²) in [6.45, 7) is 0. The van der Waals surface area contributed by atoms with Gasteiger partial charge < -0.3 is 10.4 Å². The van der Waals surface area contributed by atoms with Crippen LogP contribution >= 0.6 is 11.6 Å². The van der Waals surface area contributed by atoms with Gasteiger partial charge in [-0.1, -0.05) is 11.6 Å². The van der Waals surface area contributed by atoms with E-state index in [2.05, 4.69) is 10.3 Å². The minimum Gasteiger partial charge on any atom is -0.478 e. The molecule has 2 N–H and O–H groups in total. The number of benzene rings is 1. The lowest BCUT2D eigenvalue weighted by atomic mass is 10.2. The Labute approximate surface area is 111 Å². The minimum atomic E-state index is -1.19. The standard InChI is InChI=1S/C12H7ClF2N2O2/c13-10-3-6(12(18)19)4-11(17-10)16-9-2-1-7(14)5-8(9)15/h1-5H,(H,16,17)(H,18,19). The van der Waals surface area contributed by atoms with E-state index in [0.29, 0.717) is 6.07 Å². The van der Waals surface area contributed by atoms with Gasteiger partial charge in [0.1, 0.15) is 22.6 Å². The maximum atomic E-state index is 13.4. The fourth-order valence-corrected chi connectivity index (χ4v) is 1.62. The van der Waals surface area contributed by atoms with Crippen molar-refractivity contribution in [2.75, 3.05) is 5.32 Å². The molecule has 2 aromatic rings. The van der Waals surface area contributed by atoms with E-state index in [0.717, 1.165) is 12.1 Å². The molecule has 0 atom stereocenters. The van der Waals surface area contributed by atoms with Crippen molar-refractivity contribution >= 4 is 29.1 Å². The molecule has 0 aliphatic heterocycles. The molecule has 0 aliphatic carbocycles. The monoisotopic (exact) mass is 284 g/mol. The van der Waals surface area contributed by atoms with E-state index in [9.17, 15) is 13.6 Å². The zero-order valence-electron chi connectivity index (χ0n) is 9.32. The molecule has 0 unspecified atom stereocenters. The normalized spacial score (nSPS) is 10.3. The molecule has 98 valence electrons. The van der Waals surface area contributed by atoms with Crippen LogP contribution in [0.1, 0.15) is 10.4 Å². The summed E-state index contributed by atoms with van der Waals surface area (Å²) < 4.78 is 26.2. The van der Waals surface area contributed by atoms with Gasteiger partial charge in [0, 0.05) is 6.07 Å². The van der Waals surface area contributed by atoms with Gasteiger partial charge in [-0.25, -0.2) is 18.6 Å². The number of halogens is 3. The zero-order valence-corrected chi connectivity index (χ0v) is 10.1. The number of pyridine rings is 1. The number of aromatic nitrogens is 1. The van der Waals surface area contributed by atoms with Crippen molar-refractivity contribution in [2.45, 2.75) is 0 Å². The van der Waals surface area contributed by atoms with Gasteiger partial charge in [-0.3, -0.25) is 0 Å². The highest BCUT2D eigenvalue weighted by atomic mass is 35.5. The minimum absolute atomic E-state index is 0.0347. The number of hydrogen-bond donors (Lipinski definition) is 2. The second-order valence-electron chi connectivity index (χ2n) is 3.62. The third kappa shape index (κ3) is 3.17. The van der Waals surface area contributed by atoms with Gasteiger partial charge in [-0.15, -0.1) is 0 Å². The Balaban J connectivity index is 2.35. The third-order valence-corrected chi connectivity index (χ3v) is 2.43. The first-order valence-corrected chi connectivity index (χ1v) is 5.46. The van der Waals surface area contributed by atoms with Gasteiger partial charge in [0.05, 0.1) is 11.3 Å². The number of carboxylic acid groups (broad SMARTS) is 1. The molecular formula is C12H7ClF2N2O2. The summed E-state index contributed by atoms with van der Waals surface area (Å²) in [4.78, 5) is 14.6. The van der Waals surface area contributed by atoms with Crippen LogP contribution in [0.3, 0.4) is 0 Å². The molecule has 1 aromatic heterocycles. The lowest BCUT2D eigenvalue weighted by Crippen LogP contribution is -2.02. The number of hydrogen-bond acceptors (Lipinski definition) is 3. The van der Waals surface area contributed by atoms with Crippen molar-refractivity contribution in [1.82, 2.24) is 4.98 Å². The van der Waals surface area contributed by atoms with Crippen LogP contribution in [0.2, 0.25) is 5.15 Å². The third-order valence-electron chi connectivity index (χ3n) is 2.23. The van der Waals surface area contributed by atoms with Crippen LogP contribution in [0.15, 0.2) is 30.3 Å². The zero-order chi connectivity index (χ0) is 14.0. The second kappa shape index (κ2) is 5.19. The van der Waals surface area contributed by atoms with Gasteiger partial charge in [-0.05, 0) is 24.3 Å². The molecule has 7 heteroatoms. The van der Waals surface area contributed by atoms with Crippen LogP contribution in [0.25, 0.3) is 0 Å². The molecule has 0 bridgehead atoms. The van der Waals surface area contributed by atoms with Crippen LogP contribution in [-0.4, -0.2) is 16.1 Å². The molecule has 2 rings (SSSR count). The van der Waals surface area contributed by atoms with E-state index in [4.69, 9.17) is 16.7 Å². The largest absolute Gasteiger partial charge is 0.478 e. The van der Waals surface area contributed by atoms with Crippen LogP contribution in [-0.2, 0) is 0 Å². The molecule has 0 aliphatic rings. The maximum absolute atomic E-state index is 13.4. The Bertz CT molecular complexity index is 650. The summed E-state index contributed by atoms with van der Waals surface area (Å²) in [7, 11) is 0. The topological polar surface area (TPSA) is 62.2 Å². The summed E-state index contributed by atoms with van der Waals surface area (Å²) in [6.07, 6.45) is 0. The molecule has 19 heavy (non-hydrogen) atoms. The fourth-order valence-electron chi connectivity index (χ4n) is 1.41. The highest BCUT2D eigenvalue weighted by Gasteiger charge is 2.09. The first kappa shape index (κ1) is 13.2. The average molecular weight is 285 g/mol. The van der Waals surface area contributed by atoms with Crippen molar-refractivity contribution < 1.29 is 18.7 Å². The Morgan fingerprint density at radius 1 is 1.26 bits per heavy atom. The molecule has 4 nitrogen and oxygen atoms in total. The highest BCUT2D eigenvalue weighted by Crippen LogP contribution is 2.22. The Kier molecular flexibility index (Phi) is 3.62. The molecule has 0 saturated heterocycles. The lowest BCUT2D eigenvalue weighted by Gasteiger charge is -2.08. The second-order valence-corrected chi connectivity index (χ2v) is 4.01. The summed E-state index contributed by atoms with van der Waals surface area (Å²) in [5, 5.41) is 11.3. The number of nitrogens with zero attached hydrogens (tertiary/aromatic N) is 1. The highest BCUT2D eigenvalue weighted by molar-refractivity contribution is 6.29. The predicted molar refractivity (Wildman–Crippen MR) is 65.8 cm³/mol. The smallest absolute Gasteiger partial charge is 0.335 e. The summed E-state index contributed by atoms with van der Waals surface area (Å²) in [5.41, 5.74) is -0.127. The molecule has 0 fully saturated rings. The SMILES string of the molecule is O=C(O)c1cc(Cl)nc(Nc2ccc(F)cc2F)c1. The van der Waals surface area contributed by atoms with E-state index in [1.165, 1.54) is 12.1 Å². The molecule has 0 radical (unpaired) electrons. The first-order chi connectivity index (χ1) is 8.95. The van der Waals surface area contributed by atoms with Gasteiger partial charge in [-0.2, -0.15) is 0 Å². The van der Waals surface area contributed by atoms with E-state index in [1.807, 2.05) is 0 Å². The van der Waals surface area contributed by atoms with Crippen molar-refractivity contribution in [2.24, 2.45) is 0 Å². The predicted octanol–water partition coefficient (Wildman–Crippen LogP) is 3.46. The Hall–Kier alpha value is -2.21. The summed E-state index contributed by atoms with van der Waals surface area (Å²) >= 11 is 5.66. The molecule has 1 aromatic carbocycles. The Morgan fingerprint density at radius 3 is 2.63 bits per heavy atom. The van der Waals surface area contributed by atoms with E-state index in [1.54, 1.807) is 0 Å². The molecular weight excluding hydrogens is 278 g/mol. The summed E-state index contributed by atoms with van der Waals surface area (Å²) in [6, 6.07) is 5.29. The number of aromatic carboxylic acids is 1. The van der Waals surface area contributed by atoms with Gasteiger partial charge in [0.2, 0.25) is 0 Å². The number of carbonyl (C=O) groups is 1. The van der Waals surface area contributed by atoms with Crippen molar-refractivity contribution in [1.29, 1.82) is 0 Å². The average Bonchev–Trinajstić information content (AvgIpc) is 2.32. The van der Waals surface area contributed by atoms with Crippen LogP contribution in [0, 0.1) is 11.6 Å². The van der Waals surface area contributed by atoms with Crippen molar-refractivity contribution in [3.63, 3.8) is 0 Å². The number of rotatable bonds is 3. The number of nitrogens with one attached hydrogen (secondary N) is 1. The van der Waals surface area contributed by atoms with Crippen molar-refractivity contribution in [3.8, 4) is 0 Å². The fraction of sp³-hybridized carbons (Fsp3) is 0.